The Bertz CT molecular complexity index is 832. The summed E-state index contributed by atoms with van der Waals surface area (Å²) in [6.07, 6.45) is 4.13. The quantitative estimate of drug-likeness (QED) is 0.777. The number of methoxy groups -OCH3 is 1. The van der Waals surface area contributed by atoms with Crippen molar-refractivity contribution in [2.75, 3.05) is 13.7 Å². The molecule has 140 valence electrons. The first-order valence-corrected chi connectivity index (χ1v) is 8.71. The topological polar surface area (TPSA) is 88.7 Å². The highest BCUT2D eigenvalue weighted by molar-refractivity contribution is 5.81. The third-order valence-electron chi connectivity index (χ3n) is 4.58. The fraction of sp³-hybridized carbons (Fsp3) is 0.526. The van der Waals surface area contributed by atoms with E-state index in [1.165, 1.54) is 7.11 Å². The van der Waals surface area contributed by atoms with Crippen molar-refractivity contribution in [2.45, 2.75) is 51.7 Å². The Balaban J connectivity index is 1.94. The molecule has 1 aromatic rings. The molecule has 2 aliphatic rings. The maximum Gasteiger partial charge on any atom is 0.410 e. The number of amides is 1. The van der Waals surface area contributed by atoms with Crippen molar-refractivity contribution in [3.8, 4) is 0 Å². The molecule has 1 N–H and O–H groups in total. The molecule has 0 fully saturated rings. The number of esters is 1. The van der Waals surface area contributed by atoms with Crippen LogP contribution >= 0.6 is 0 Å². The Morgan fingerprint density at radius 3 is 2.69 bits per heavy atom. The maximum absolute atomic E-state index is 13.0. The van der Waals surface area contributed by atoms with Crippen molar-refractivity contribution < 1.29 is 19.1 Å². The fourth-order valence-corrected chi connectivity index (χ4v) is 3.40. The molecule has 7 nitrogen and oxygen atoms in total. The lowest BCUT2D eigenvalue weighted by atomic mass is 9.87. The number of rotatable bonds is 1. The number of carbonyl (C=O) groups is 2. The van der Waals surface area contributed by atoms with Crippen LogP contribution in [0.4, 0.5) is 4.79 Å². The molecular weight excluding hydrogens is 336 g/mol. The molecule has 0 saturated heterocycles. The molecule has 0 radical (unpaired) electrons. The van der Waals surface area contributed by atoms with Gasteiger partial charge in [-0.1, -0.05) is 6.08 Å². The van der Waals surface area contributed by atoms with Crippen molar-refractivity contribution in [3.63, 3.8) is 0 Å². The van der Waals surface area contributed by atoms with Gasteiger partial charge in [-0.3, -0.25) is 9.59 Å². The molecule has 0 aromatic carbocycles. The average Bonchev–Trinajstić information content (AvgIpc) is 2.58. The molecule has 0 spiro atoms. The summed E-state index contributed by atoms with van der Waals surface area (Å²) in [5.41, 5.74) is 1.70. The molecule has 1 aromatic heterocycles. The van der Waals surface area contributed by atoms with Crippen molar-refractivity contribution in [3.05, 3.63) is 38.8 Å². The Kier molecular flexibility index (Phi) is 4.64. The second-order valence-electron chi connectivity index (χ2n) is 7.60. The van der Waals surface area contributed by atoms with E-state index in [1.54, 1.807) is 4.90 Å². The van der Waals surface area contributed by atoms with Crippen molar-refractivity contribution in [1.29, 1.82) is 0 Å². The molecule has 1 aliphatic carbocycles. The molecule has 0 saturated carbocycles. The van der Waals surface area contributed by atoms with Crippen LogP contribution < -0.4 is 5.43 Å². The number of fused-ring (bicyclic) bond motifs is 2. The molecule has 1 unspecified atom stereocenters. The van der Waals surface area contributed by atoms with Crippen molar-refractivity contribution in [2.24, 2.45) is 0 Å². The van der Waals surface area contributed by atoms with E-state index < -0.39 is 23.6 Å². The van der Waals surface area contributed by atoms with Gasteiger partial charge in [-0.25, -0.2) is 4.79 Å². The Hall–Kier alpha value is -2.57. The van der Waals surface area contributed by atoms with E-state index in [1.807, 2.05) is 32.9 Å². The van der Waals surface area contributed by atoms with Crippen LogP contribution in [0.2, 0.25) is 0 Å². The number of hydrogen-bond acceptors (Lipinski definition) is 5. The van der Waals surface area contributed by atoms with E-state index >= 15 is 0 Å². The number of hydrogen-bond donors (Lipinski definition) is 1. The van der Waals surface area contributed by atoms with Crippen LogP contribution in [0.25, 0.3) is 6.08 Å². The second kappa shape index (κ2) is 6.63. The lowest BCUT2D eigenvalue weighted by molar-refractivity contribution is -0.142. The summed E-state index contributed by atoms with van der Waals surface area (Å²) in [6, 6.07) is 0. The van der Waals surface area contributed by atoms with Gasteiger partial charge in [0.15, 0.2) is 5.43 Å². The first-order valence-electron chi connectivity index (χ1n) is 8.71. The third kappa shape index (κ3) is 3.38. The monoisotopic (exact) mass is 360 g/mol. The SMILES string of the molecule is COC(=O)C1CC=Cc2[nH]c3c(c(=O)c21)CCN(C(=O)OC(C)(C)C)C3. The zero-order chi connectivity index (χ0) is 19.1. The number of nitrogens with one attached hydrogen (secondary N) is 1. The minimum absolute atomic E-state index is 0.127. The smallest absolute Gasteiger partial charge is 0.410 e. The van der Waals surface area contributed by atoms with Gasteiger partial charge in [0, 0.05) is 29.1 Å². The summed E-state index contributed by atoms with van der Waals surface area (Å²) in [6.45, 7) is 6.14. The Labute approximate surface area is 152 Å². The highest BCUT2D eigenvalue weighted by Crippen LogP contribution is 2.29. The fourth-order valence-electron chi connectivity index (χ4n) is 3.40. The number of allylic oxidation sites excluding steroid dienone is 1. The van der Waals surface area contributed by atoms with E-state index in [9.17, 15) is 14.4 Å². The lowest BCUT2D eigenvalue weighted by Crippen LogP contribution is -2.42. The van der Waals surface area contributed by atoms with Crippen LogP contribution in [-0.4, -0.2) is 41.2 Å². The van der Waals surface area contributed by atoms with Crippen LogP contribution in [0.15, 0.2) is 10.9 Å². The predicted octanol–water partition coefficient (Wildman–Crippen LogP) is 2.34. The molecule has 2 heterocycles. The van der Waals surface area contributed by atoms with E-state index in [4.69, 9.17) is 9.47 Å². The first kappa shape index (κ1) is 18.2. The van der Waals surface area contributed by atoms with Gasteiger partial charge in [0.05, 0.1) is 19.6 Å². The van der Waals surface area contributed by atoms with Gasteiger partial charge >= 0.3 is 12.1 Å². The first-order chi connectivity index (χ1) is 12.2. The van der Waals surface area contributed by atoms with Gasteiger partial charge in [0.25, 0.3) is 0 Å². The molecule has 7 heteroatoms. The van der Waals surface area contributed by atoms with E-state index in [0.29, 0.717) is 41.9 Å². The summed E-state index contributed by atoms with van der Waals surface area (Å²) in [4.78, 5) is 42.2. The number of carbonyl (C=O) groups excluding carboxylic acids is 2. The van der Waals surface area contributed by atoms with E-state index in [2.05, 4.69) is 4.98 Å². The van der Waals surface area contributed by atoms with Gasteiger partial charge < -0.3 is 19.4 Å². The van der Waals surface area contributed by atoms with Crippen LogP contribution in [0.3, 0.4) is 0 Å². The number of nitrogens with zero attached hydrogens (tertiary/aromatic N) is 1. The van der Waals surface area contributed by atoms with Crippen LogP contribution in [-0.2, 0) is 27.2 Å². The summed E-state index contributed by atoms with van der Waals surface area (Å²) in [7, 11) is 1.33. The second-order valence-corrected chi connectivity index (χ2v) is 7.60. The Morgan fingerprint density at radius 1 is 1.31 bits per heavy atom. The number of aromatic amines is 1. The lowest BCUT2D eigenvalue weighted by Gasteiger charge is -2.32. The Morgan fingerprint density at radius 2 is 2.04 bits per heavy atom. The maximum atomic E-state index is 13.0. The van der Waals surface area contributed by atoms with Gasteiger partial charge in [-0.05, 0) is 39.7 Å². The van der Waals surface area contributed by atoms with Crippen LogP contribution in [0, 0.1) is 0 Å². The van der Waals surface area contributed by atoms with E-state index in [0.717, 1.165) is 0 Å². The third-order valence-corrected chi connectivity index (χ3v) is 4.58. The van der Waals surface area contributed by atoms with E-state index in [-0.39, 0.29) is 12.0 Å². The predicted molar refractivity (Wildman–Crippen MR) is 95.8 cm³/mol. The molecule has 26 heavy (non-hydrogen) atoms. The highest BCUT2D eigenvalue weighted by atomic mass is 16.6. The molecule has 0 bridgehead atoms. The van der Waals surface area contributed by atoms with Crippen LogP contribution in [0.1, 0.15) is 55.6 Å². The summed E-state index contributed by atoms with van der Waals surface area (Å²) in [5, 5.41) is 0. The number of pyridine rings is 1. The molecule has 1 amide bonds. The van der Waals surface area contributed by atoms with Gasteiger partial charge in [0.1, 0.15) is 5.60 Å². The minimum atomic E-state index is -0.585. The van der Waals surface area contributed by atoms with Gasteiger partial charge in [-0.15, -0.1) is 0 Å². The minimum Gasteiger partial charge on any atom is -0.469 e. The summed E-state index contributed by atoms with van der Waals surface area (Å²) in [5.74, 6) is -0.995. The molecule has 1 aliphatic heterocycles. The van der Waals surface area contributed by atoms with Crippen molar-refractivity contribution in [1.82, 2.24) is 9.88 Å². The molecule has 3 rings (SSSR count). The summed E-state index contributed by atoms with van der Waals surface area (Å²) < 4.78 is 10.3. The molecular formula is C19H24N2O5. The van der Waals surface area contributed by atoms with Gasteiger partial charge in [0.2, 0.25) is 0 Å². The largest absolute Gasteiger partial charge is 0.469 e. The average molecular weight is 360 g/mol. The molecule has 1 atom stereocenters. The van der Waals surface area contributed by atoms with Crippen LogP contribution in [0.5, 0.6) is 0 Å². The summed E-state index contributed by atoms with van der Waals surface area (Å²) >= 11 is 0. The number of ether oxygens (including phenoxy) is 2. The highest BCUT2D eigenvalue weighted by Gasteiger charge is 2.33. The normalized spacial score (nSPS) is 18.8. The standard InChI is InChI=1S/C19H24N2O5/c1-19(2,3)26-18(24)21-9-8-11-14(10-21)20-13-7-5-6-12(17(23)25-4)15(13)16(11)22/h5,7,12H,6,8-10H2,1-4H3,(H,20,22). The van der Waals surface area contributed by atoms with Crippen molar-refractivity contribution >= 4 is 18.1 Å². The zero-order valence-electron chi connectivity index (χ0n) is 15.5. The zero-order valence-corrected chi connectivity index (χ0v) is 15.5. The number of aromatic nitrogens is 1. The van der Waals surface area contributed by atoms with Gasteiger partial charge in [-0.2, -0.15) is 0 Å². The number of H-pyrrole nitrogens is 1.